The topological polar surface area (TPSA) is 84.0 Å². The Balaban J connectivity index is 1.30. The van der Waals surface area contributed by atoms with Gasteiger partial charge in [-0.25, -0.2) is 4.90 Å². The number of anilines is 2. The Hall–Kier alpha value is -3.74. The Morgan fingerprint density at radius 2 is 1.50 bits per heavy atom. The van der Waals surface area contributed by atoms with Crippen molar-refractivity contribution >= 4 is 35.1 Å². The standard InChI is InChI=1S/C25H22N2O5/c28-22-13-16(15-26(22)17-7-2-1-3-8-17)25(31)32-19-10-6-9-18(14-19)27-23(29)20-11-4-5-12-21(20)24(27)30/h1-10,14,16,20-21H,11-13,15H2/t16-,20-,21-/m1/s1. The smallest absolute Gasteiger partial charge is 0.316 e. The zero-order valence-electron chi connectivity index (χ0n) is 17.3. The molecule has 162 valence electrons. The first kappa shape index (κ1) is 20.2. The van der Waals surface area contributed by atoms with Crippen LogP contribution in [0.15, 0.2) is 66.7 Å². The van der Waals surface area contributed by atoms with Crippen molar-refractivity contribution < 1.29 is 23.9 Å². The van der Waals surface area contributed by atoms with Crippen molar-refractivity contribution in [3.8, 4) is 5.75 Å². The molecule has 0 bridgehead atoms. The first-order valence-corrected chi connectivity index (χ1v) is 10.7. The fraction of sp³-hybridized carbons (Fsp3) is 0.280. The fourth-order valence-electron chi connectivity index (χ4n) is 4.66. The Kier molecular flexibility index (Phi) is 5.09. The minimum Gasteiger partial charge on any atom is -0.426 e. The van der Waals surface area contributed by atoms with E-state index in [4.69, 9.17) is 4.74 Å². The van der Waals surface area contributed by atoms with Crippen LogP contribution in [0.2, 0.25) is 0 Å². The number of fused-ring (bicyclic) bond motifs is 1. The van der Waals surface area contributed by atoms with Crippen molar-refractivity contribution in [2.75, 3.05) is 16.3 Å². The molecule has 0 aromatic heterocycles. The highest BCUT2D eigenvalue weighted by molar-refractivity contribution is 6.22. The van der Waals surface area contributed by atoms with Crippen molar-refractivity contribution in [1.82, 2.24) is 0 Å². The van der Waals surface area contributed by atoms with E-state index in [1.807, 2.05) is 42.5 Å². The normalized spacial score (nSPS) is 24.8. The maximum Gasteiger partial charge on any atom is 0.316 e. The van der Waals surface area contributed by atoms with Crippen LogP contribution in [0.1, 0.15) is 19.3 Å². The van der Waals surface area contributed by atoms with Crippen molar-refractivity contribution in [2.45, 2.75) is 19.3 Å². The molecule has 0 radical (unpaired) electrons. The lowest BCUT2D eigenvalue weighted by molar-refractivity contribution is -0.139. The first-order valence-electron chi connectivity index (χ1n) is 10.7. The number of nitrogens with zero attached hydrogens (tertiary/aromatic N) is 2. The van der Waals surface area contributed by atoms with Gasteiger partial charge in [0.2, 0.25) is 17.7 Å². The SMILES string of the molecule is O=C(Oc1cccc(N2C(=O)[C@@H]3CC=CC[C@H]3C2=O)c1)[C@@H]1CC(=O)N(c2ccccc2)C1. The maximum atomic E-state index is 12.8. The Morgan fingerprint density at radius 1 is 0.844 bits per heavy atom. The fourth-order valence-corrected chi connectivity index (χ4v) is 4.66. The van der Waals surface area contributed by atoms with Crippen LogP contribution < -0.4 is 14.5 Å². The number of hydrogen-bond donors (Lipinski definition) is 0. The van der Waals surface area contributed by atoms with Gasteiger partial charge in [-0.05, 0) is 37.1 Å². The monoisotopic (exact) mass is 430 g/mol. The van der Waals surface area contributed by atoms with Crippen LogP contribution in [0.25, 0.3) is 0 Å². The molecular weight excluding hydrogens is 408 g/mol. The molecule has 7 heteroatoms. The van der Waals surface area contributed by atoms with Gasteiger partial charge in [-0.2, -0.15) is 0 Å². The molecule has 0 unspecified atom stereocenters. The van der Waals surface area contributed by atoms with Gasteiger partial charge in [0.05, 0.1) is 23.4 Å². The minimum atomic E-state index is -0.588. The molecule has 32 heavy (non-hydrogen) atoms. The van der Waals surface area contributed by atoms with E-state index >= 15 is 0 Å². The predicted octanol–water partition coefficient (Wildman–Crippen LogP) is 3.10. The summed E-state index contributed by atoms with van der Waals surface area (Å²) in [5, 5.41) is 0. The summed E-state index contributed by atoms with van der Waals surface area (Å²) in [7, 11) is 0. The van der Waals surface area contributed by atoms with Crippen molar-refractivity contribution in [2.24, 2.45) is 17.8 Å². The van der Waals surface area contributed by atoms with E-state index in [0.29, 0.717) is 18.5 Å². The van der Waals surface area contributed by atoms with Gasteiger partial charge in [0.25, 0.3) is 0 Å². The Labute approximate surface area is 185 Å². The molecule has 2 saturated heterocycles. The molecule has 3 amide bonds. The number of ether oxygens (including phenoxy) is 1. The molecule has 3 aliphatic rings. The summed E-state index contributed by atoms with van der Waals surface area (Å²) in [6, 6.07) is 15.6. The number of imide groups is 1. The van der Waals surface area contributed by atoms with Crippen molar-refractivity contribution in [3.63, 3.8) is 0 Å². The quantitative estimate of drug-likeness (QED) is 0.322. The molecule has 2 aromatic carbocycles. The summed E-state index contributed by atoms with van der Waals surface area (Å²) >= 11 is 0. The zero-order chi connectivity index (χ0) is 22.2. The molecule has 2 fully saturated rings. The van der Waals surface area contributed by atoms with E-state index < -0.39 is 11.9 Å². The third-order valence-electron chi connectivity index (χ3n) is 6.33. The van der Waals surface area contributed by atoms with Gasteiger partial charge in [-0.3, -0.25) is 19.2 Å². The maximum absolute atomic E-state index is 12.8. The molecule has 5 rings (SSSR count). The Morgan fingerprint density at radius 3 is 2.19 bits per heavy atom. The summed E-state index contributed by atoms with van der Waals surface area (Å²) < 4.78 is 5.54. The number of amides is 3. The highest BCUT2D eigenvalue weighted by Crippen LogP contribution is 2.38. The number of hydrogen-bond acceptors (Lipinski definition) is 5. The third kappa shape index (κ3) is 3.49. The summed E-state index contributed by atoms with van der Waals surface area (Å²) in [6.07, 6.45) is 5.08. The average Bonchev–Trinajstić information content (AvgIpc) is 3.32. The van der Waals surface area contributed by atoms with Crippen LogP contribution in [0.3, 0.4) is 0 Å². The second-order valence-corrected chi connectivity index (χ2v) is 8.33. The van der Waals surface area contributed by atoms with Gasteiger partial charge >= 0.3 is 5.97 Å². The van der Waals surface area contributed by atoms with Gasteiger partial charge in [-0.15, -0.1) is 0 Å². The van der Waals surface area contributed by atoms with E-state index in [1.165, 1.54) is 11.0 Å². The summed E-state index contributed by atoms with van der Waals surface area (Å²) in [5.41, 5.74) is 1.14. The number of benzene rings is 2. The molecule has 7 nitrogen and oxygen atoms in total. The summed E-state index contributed by atoms with van der Waals surface area (Å²) in [4.78, 5) is 53.6. The second kappa shape index (κ2) is 8.07. The van der Waals surface area contributed by atoms with Crippen LogP contribution in [0.5, 0.6) is 5.75 Å². The number of para-hydroxylation sites is 1. The largest absolute Gasteiger partial charge is 0.426 e. The molecule has 2 heterocycles. The molecule has 0 N–H and O–H groups in total. The van der Waals surface area contributed by atoms with E-state index in [1.54, 1.807) is 23.1 Å². The molecule has 0 spiro atoms. The second-order valence-electron chi connectivity index (χ2n) is 8.33. The number of carbonyl (C=O) groups is 4. The van der Waals surface area contributed by atoms with Gasteiger partial charge in [0, 0.05) is 24.7 Å². The van der Waals surface area contributed by atoms with Gasteiger partial charge in [0.1, 0.15) is 5.75 Å². The number of esters is 1. The number of rotatable bonds is 4. The molecule has 2 aliphatic heterocycles. The van der Waals surface area contributed by atoms with Crippen LogP contribution in [0.4, 0.5) is 11.4 Å². The first-order chi connectivity index (χ1) is 15.5. The third-order valence-corrected chi connectivity index (χ3v) is 6.33. The van der Waals surface area contributed by atoms with Crippen LogP contribution >= 0.6 is 0 Å². The van der Waals surface area contributed by atoms with E-state index in [9.17, 15) is 19.2 Å². The highest BCUT2D eigenvalue weighted by Gasteiger charge is 2.48. The van der Waals surface area contributed by atoms with Crippen LogP contribution in [-0.4, -0.2) is 30.2 Å². The van der Waals surface area contributed by atoms with Crippen LogP contribution in [0, 0.1) is 17.8 Å². The average molecular weight is 430 g/mol. The highest BCUT2D eigenvalue weighted by atomic mass is 16.5. The molecule has 3 atom stereocenters. The predicted molar refractivity (Wildman–Crippen MR) is 117 cm³/mol. The molecule has 1 aliphatic carbocycles. The van der Waals surface area contributed by atoms with Crippen molar-refractivity contribution in [1.29, 1.82) is 0 Å². The van der Waals surface area contributed by atoms with Crippen molar-refractivity contribution in [3.05, 3.63) is 66.7 Å². The van der Waals surface area contributed by atoms with E-state index in [-0.39, 0.29) is 48.3 Å². The zero-order valence-corrected chi connectivity index (χ0v) is 17.3. The van der Waals surface area contributed by atoms with Gasteiger partial charge in [0.15, 0.2) is 0 Å². The van der Waals surface area contributed by atoms with Gasteiger partial charge < -0.3 is 9.64 Å². The molecule has 0 saturated carbocycles. The van der Waals surface area contributed by atoms with Gasteiger partial charge in [-0.1, -0.05) is 36.4 Å². The van der Waals surface area contributed by atoms with E-state index in [2.05, 4.69) is 0 Å². The summed E-state index contributed by atoms with van der Waals surface area (Å²) in [6.45, 7) is 0.251. The lowest BCUT2D eigenvalue weighted by atomic mass is 9.85. The molecule has 2 aromatic rings. The minimum absolute atomic E-state index is 0.0763. The number of allylic oxidation sites excluding steroid dienone is 2. The lowest BCUT2D eigenvalue weighted by Gasteiger charge is -2.17. The molecular formula is C25H22N2O5. The Bertz CT molecular complexity index is 1100. The van der Waals surface area contributed by atoms with E-state index in [0.717, 1.165) is 5.69 Å². The lowest BCUT2D eigenvalue weighted by Crippen LogP contribution is -2.31. The summed E-state index contributed by atoms with van der Waals surface area (Å²) in [5.74, 6) is -2.07. The van der Waals surface area contributed by atoms with Crippen LogP contribution in [-0.2, 0) is 19.2 Å². The number of carbonyl (C=O) groups excluding carboxylic acids is 4.